The van der Waals surface area contributed by atoms with Crippen molar-refractivity contribution in [3.05, 3.63) is 70.0 Å². The third-order valence-corrected chi connectivity index (χ3v) is 4.11. The van der Waals surface area contributed by atoms with E-state index in [2.05, 4.69) is 5.32 Å². The van der Waals surface area contributed by atoms with E-state index in [1.807, 2.05) is 0 Å². The topological polar surface area (TPSA) is 66.5 Å². The van der Waals surface area contributed by atoms with Crippen LogP contribution < -0.4 is 5.32 Å². The molecule has 0 atom stereocenters. The molecular formula is C19H18ClFN2O3. The van der Waals surface area contributed by atoms with Crippen molar-refractivity contribution in [2.24, 2.45) is 0 Å². The van der Waals surface area contributed by atoms with Gasteiger partial charge in [-0.15, -0.1) is 0 Å². The highest BCUT2D eigenvalue weighted by atomic mass is 35.5. The minimum absolute atomic E-state index is 0.114. The lowest BCUT2D eigenvalue weighted by molar-refractivity contribution is 0.0790. The molecule has 26 heavy (non-hydrogen) atoms. The van der Waals surface area contributed by atoms with Crippen molar-refractivity contribution in [2.45, 2.75) is 6.42 Å². The van der Waals surface area contributed by atoms with E-state index in [1.165, 1.54) is 23.1 Å². The van der Waals surface area contributed by atoms with Crippen LogP contribution in [0.15, 0.2) is 42.5 Å². The molecule has 2 aromatic carbocycles. The molecule has 0 heterocycles. The first-order valence-electron chi connectivity index (χ1n) is 7.97. The van der Waals surface area contributed by atoms with Crippen molar-refractivity contribution in [3.63, 3.8) is 0 Å². The molecule has 0 spiro atoms. The van der Waals surface area contributed by atoms with Crippen LogP contribution in [0.2, 0.25) is 5.02 Å². The zero-order valence-electron chi connectivity index (χ0n) is 14.2. The molecule has 0 radical (unpaired) electrons. The van der Waals surface area contributed by atoms with Crippen LogP contribution >= 0.6 is 11.6 Å². The van der Waals surface area contributed by atoms with Crippen molar-refractivity contribution in [2.75, 3.05) is 20.1 Å². The maximum Gasteiger partial charge on any atom is 0.254 e. The van der Waals surface area contributed by atoms with Gasteiger partial charge in [0.1, 0.15) is 0 Å². The summed E-state index contributed by atoms with van der Waals surface area (Å²) in [6.07, 6.45) is 1.11. The lowest BCUT2D eigenvalue weighted by Gasteiger charge is -2.18. The van der Waals surface area contributed by atoms with E-state index < -0.39 is 11.7 Å². The van der Waals surface area contributed by atoms with E-state index in [0.717, 1.165) is 0 Å². The third-order valence-electron chi connectivity index (χ3n) is 3.82. The minimum atomic E-state index is -0.760. The maximum absolute atomic E-state index is 13.8. The Morgan fingerprint density at radius 1 is 1.15 bits per heavy atom. The zero-order chi connectivity index (χ0) is 19.1. The Morgan fingerprint density at radius 3 is 2.58 bits per heavy atom. The number of rotatable bonds is 7. The van der Waals surface area contributed by atoms with E-state index in [4.69, 9.17) is 11.6 Å². The number of hydrogen-bond donors (Lipinski definition) is 1. The second-order valence-electron chi connectivity index (χ2n) is 5.64. The van der Waals surface area contributed by atoms with Gasteiger partial charge in [0.15, 0.2) is 12.1 Å². The lowest BCUT2D eigenvalue weighted by Crippen LogP contribution is -2.32. The van der Waals surface area contributed by atoms with Crippen molar-refractivity contribution < 1.29 is 18.8 Å². The summed E-state index contributed by atoms with van der Waals surface area (Å²) < 4.78 is 13.8. The summed E-state index contributed by atoms with van der Waals surface area (Å²) in [6, 6.07) is 10.8. The number of amides is 2. The third kappa shape index (κ3) is 4.67. The van der Waals surface area contributed by atoms with E-state index in [1.54, 1.807) is 31.3 Å². The maximum atomic E-state index is 13.8. The monoisotopic (exact) mass is 376 g/mol. The van der Waals surface area contributed by atoms with Gasteiger partial charge in [0.2, 0.25) is 0 Å². The van der Waals surface area contributed by atoms with Crippen LogP contribution in [0.1, 0.15) is 37.5 Å². The highest BCUT2D eigenvalue weighted by Crippen LogP contribution is 2.17. The summed E-state index contributed by atoms with van der Waals surface area (Å²) in [4.78, 5) is 36.8. The van der Waals surface area contributed by atoms with Gasteiger partial charge < -0.3 is 10.2 Å². The van der Waals surface area contributed by atoms with Gasteiger partial charge in [0.05, 0.1) is 16.1 Å². The molecule has 1 N–H and O–H groups in total. The summed E-state index contributed by atoms with van der Waals surface area (Å²) in [5.74, 6) is -1.60. The predicted octanol–water partition coefficient (Wildman–Crippen LogP) is 3.18. The standard InChI is InChI=1S/C19H18ClFN2O3/c1-23(19(26)14-7-3-2-6-13(14)12-24)11-5-10-22-18(25)15-8-4-9-16(20)17(15)21/h2-4,6-9,12H,5,10-11H2,1H3,(H,22,25). The number of carbonyl (C=O) groups is 3. The van der Waals surface area contributed by atoms with Crippen molar-refractivity contribution >= 4 is 29.7 Å². The SMILES string of the molecule is CN(CCCNC(=O)c1cccc(Cl)c1F)C(=O)c1ccccc1C=O. The highest BCUT2D eigenvalue weighted by Gasteiger charge is 2.16. The summed E-state index contributed by atoms with van der Waals surface area (Å²) >= 11 is 5.65. The van der Waals surface area contributed by atoms with Gasteiger partial charge in [0, 0.05) is 25.7 Å². The Balaban J connectivity index is 1.85. The number of hydrogen-bond acceptors (Lipinski definition) is 3. The van der Waals surface area contributed by atoms with Crippen LogP contribution in [0.25, 0.3) is 0 Å². The fraction of sp³-hybridized carbons (Fsp3) is 0.211. The molecule has 0 aliphatic heterocycles. The molecule has 0 aromatic heterocycles. The Hall–Kier alpha value is -2.73. The lowest BCUT2D eigenvalue weighted by atomic mass is 10.1. The first-order chi connectivity index (χ1) is 12.5. The fourth-order valence-corrected chi connectivity index (χ4v) is 2.57. The first-order valence-corrected chi connectivity index (χ1v) is 8.35. The Morgan fingerprint density at radius 2 is 1.85 bits per heavy atom. The average molecular weight is 377 g/mol. The molecule has 2 amide bonds. The molecule has 0 saturated carbocycles. The molecule has 7 heteroatoms. The quantitative estimate of drug-likeness (QED) is 0.596. The molecule has 0 fully saturated rings. The minimum Gasteiger partial charge on any atom is -0.352 e. The summed E-state index contributed by atoms with van der Waals surface area (Å²) in [7, 11) is 1.61. The van der Waals surface area contributed by atoms with Gasteiger partial charge in [-0.3, -0.25) is 14.4 Å². The number of benzene rings is 2. The fourth-order valence-electron chi connectivity index (χ4n) is 2.39. The van der Waals surface area contributed by atoms with Gasteiger partial charge in [-0.25, -0.2) is 4.39 Å². The largest absolute Gasteiger partial charge is 0.352 e. The second-order valence-corrected chi connectivity index (χ2v) is 6.05. The van der Waals surface area contributed by atoms with Crippen molar-refractivity contribution in [3.8, 4) is 0 Å². The van der Waals surface area contributed by atoms with Gasteiger partial charge in [-0.05, 0) is 24.6 Å². The zero-order valence-corrected chi connectivity index (χ0v) is 14.9. The van der Waals surface area contributed by atoms with E-state index in [9.17, 15) is 18.8 Å². The smallest absolute Gasteiger partial charge is 0.254 e. The molecule has 5 nitrogen and oxygen atoms in total. The van der Waals surface area contributed by atoms with Crippen LogP contribution in [0.3, 0.4) is 0 Å². The molecule has 0 unspecified atom stereocenters. The predicted molar refractivity (Wildman–Crippen MR) is 97.2 cm³/mol. The number of carbonyl (C=O) groups excluding carboxylic acids is 3. The second kappa shape index (κ2) is 9.10. The van der Waals surface area contributed by atoms with Crippen LogP contribution in [0.4, 0.5) is 4.39 Å². The van der Waals surface area contributed by atoms with Crippen molar-refractivity contribution in [1.82, 2.24) is 10.2 Å². The van der Waals surface area contributed by atoms with E-state index in [0.29, 0.717) is 30.4 Å². The first kappa shape index (κ1) is 19.6. The summed E-state index contributed by atoms with van der Waals surface area (Å²) in [5, 5.41) is 2.48. The Kier molecular flexibility index (Phi) is 6.86. The van der Waals surface area contributed by atoms with Gasteiger partial charge in [-0.2, -0.15) is 0 Å². The highest BCUT2D eigenvalue weighted by molar-refractivity contribution is 6.31. The number of halogens is 2. The van der Waals surface area contributed by atoms with Gasteiger partial charge in [0.25, 0.3) is 11.8 Å². The number of nitrogens with zero attached hydrogens (tertiary/aromatic N) is 1. The van der Waals surface area contributed by atoms with Crippen LogP contribution in [0.5, 0.6) is 0 Å². The van der Waals surface area contributed by atoms with Crippen LogP contribution in [-0.2, 0) is 0 Å². The average Bonchev–Trinajstić information content (AvgIpc) is 2.66. The molecule has 0 aliphatic rings. The molecule has 0 saturated heterocycles. The molecule has 0 bridgehead atoms. The van der Waals surface area contributed by atoms with Crippen LogP contribution in [-0.4, -0.2) is 43.1 Å². The summed E-state index contributed by atoms with van der Waals surface area (Å²) in [6.45, 7) is 0.627. The Bertz CT molecular complexity index is 826. The molecule has 2 aromatic rings. The molecular weight excluding hydrogens is 359 g/mol. The molecule has 136 valence electrons. The van der Waals surface area contributed by atoms with Crippen LogP contribution in [0, 0.1) is 5.82 Å². The van der Waals surface area contributed by atoms with Gasteiger partial charge >= 0.3 is 0 Å². The number of nitrogens with one attached hydrogen (secondary N) is 1. The number of aldehydes is 1. The van der Waals surface area contributed by atoms with E-state index in [-0.39, 0.29) is 23.0 Å². The van der Waals surface area contributed by atoms with Gasteiger partial charge in [-0.1, -0.05) is 35.9 Å². The molecule has 2 rings (SSSR count). The normalized spacial score (nSPS) is 10.3. The Labute approximate surface area is 155 Å². The van der Waals surface area contributed by atoms with E-state index >= 15 is 0 Å². The molecule has 0 aliphatic carbocycles. The summed E-state index contributed by atoms with van der Waals surface area (Å²) in [5.41, 5.74) is 0.533. The van der Waals surface area contributed by atoms with Crippen molar-refractivity contribution in [1.29, 1.82) is 0 Å².